The normalized spacial score (nSPS) is 10.7. The highest BCUT2D eigenvalue weighted by molar-refractivity contribution is 6.33. The second-order valence-electron chi connectivity index (χ2n) is 4.73. The van der Waals surface area contributed by atoms with Gasteiger partial charge in [0.2, 0.25) is 5.89 Å². The highest BCUT2D eigenvalue weighted by atomic mass is 35.5. The molecule has 1 heterocycles. The molecule has 0 unspecified atom stereocenters. The number of nitrogen functional groups attached to an aromatic ring is 1. The molecule has 0 saturated heterocycles. The number of oxazole rings is 1. The molecule has 0 fully saturated rings. The Labute approximate surface area is 136 Å². The minimum absolute atomic E-state index is 0.0985. The number of hydrogen-bond donors (Lipinski definition) is 1. The van der Waals surface area contributed by atoms with E-state index in [4.69, 9.17) is 31.2 Å². The van der Waals surface area contributed by atoms with Crippen LogP contribution in [0.15, 0.2) is 40.8 Å². The number of esters is 1. The molecule has 7 heteroatoms. The van der Waals surface area contributed by atoms with Crippen LogP contribution in [0, 0.1) is 0 Å². The van der Waals surface area contributed by atoms with Crippen LogP contribution in [0.25, 0.3) is 11.1 Å². The summed E-state index contributed by atoms with van der Waals surface area (Å²) in [6.07, 6.45) is 0. The van der Waals surface area contributed by atoms with Crippen molar-refractivity contribution in [3.05, 3.63) is 52.9 Å². The molecule has 0 atom stereocenters. The average molecular weight is 333 g/mol. The number of hydrogen-bond acceptors (Lipinski definition) is 6. The minimum atomic E-state index is -0.606. The highest BCUT2D eigenvalue weighted by Crippen LogP contribution is 2.29. The van der Waals surface area contributed by atoms with E-state index in [9.17, 15) is 4.79 Å². The van der Waals surface area contributed by atoms with E-state index in [2.05, 4.69) is 4.98 Å². The smallest absolute Gasteiger partial charge is 0.342 e. The maximum atomic E-state index is 12.2. The molecule has 0 aliphatic carbocycles. The molecule has 0 aliphatic heterocycles. The second kappa shape index (κ2) is 6.18. The molecule has 1 aromatic heterocycles. The van der Waals surface area contributed by atoms with Crippen LogP contribution in [0.2, 0.25) is 5.02 Å². The number of methoxy groups -OCH3 is 1. The summed E-state index contributed by atoms with van der Waals surface area (Å²) in [6.45, 7) is -0.0985. The van der Waals surface area contributed by atoms with Gasteiger partial charge in [-0.1, -0.05) is 23.7 Å². The predicted molar refractivity (Wildman–Crippen MR) is 85.5 cm³/mol. The number of ether oxygens (including phenoxy) is 2. The molecule has 0 amide bonds. The molecule has 6 nitrogen and oxygen atoms in total. The predicted octanol–water partition coefficient (Wildman–Crippen LogP) is 3.43. The summed E-state index contributed by atoms with van der Waals surface area (Å²) < 4.78 is 15.8. The Balaban J connectivity index is 1.78. The number of rotatable bonds is 4. The van der Waals surface area contributed by atoms with E-state index in [-0.39, 0.29) is 22.9 Å². The van der Waals surface area contributed by atoms with E-state index >= 15 is 0 Å². The van der Waals surface area contributed by atoms with Gasteiger partial charge in [-0.05, 0) is 18.2 Å². The van der Waals surface area contributed by atoms with Crippen LogP contribution >= 0.6 is 11.6 Å². The number of nitrogens with zero attached hydrogens (tertiary/aromatic N) is 1. The largest absolute Gasteiger partial charge is 0.496 e. The lowest BCUT2D eigenvalue weighted by Crippen LogP contribution is -2.08. The van der Waals surface area contributed by atoms with Gasteiger partial charge in [0.15, 0.2) is 12.2 Å². The number of benzene rings is 2. The lowest BCUT2D eigenvalue weighted by atomic mass is 10.2. The number of anilines is 1. The number of carbonyl (C=O) groups excluding carboxylic acids is 1. The summed E-state index contributed by atoms with van der Waals surface area (Å²) in [5.41, 5.74) is 7.52. The highest BCUT2D eigenvalue weighted by Gasteiger charge is 2.17. The molecule has 2 aromatic carbocycles. The Kier molecular flexibility index (Phi) is 4.08. The zero-order valence-electron chi connectivity index (χ0n) is 12.2. The maximum absolute atomic E-state index is 12.2. The van der Waals surface area contributed by atoms with Gasteiger partial charge in [-0.25, -0.2) is 9.78 Å². The van der Waals surface area contributed by atoms with Gasteiger partial charge in [-0.2, -0.15) is 0 Å². The van der Waals surface area contributed by atoms with Crippen molar-refractivity contribution < 1.29 is 18.7 Å². The fraction of sp³-hybridized carbons (Fsp3) is 0.125. The molecule has 0 saturated carbocycles. The van der Waals surface area contributed by atoms with Crippen molar-refractivity contribution in [1.82, 2.24) is 4.98 Å². The monoisotopic (exact) mass is 332 g/mol. The second-order valence-corrected chi connectivity index (χ2v) is 5.13. The van der Waals surface area contributed by atoms with E-state index in [0.29, 0.717) is 22.7 Å². The third-order valence-electron chi connectivity index (χ3n) is 3.20. The topological polar surface area (TPSA) is 87.6 Å². The molecule has 2 N–H and O–H groups in total. The van der Waals surface area contributed by atoms with E-state index in [1.165, 1.54) is 19.2 Å². The Morgan fingerprint density at radius 2 is 2.13 bits per heavy atom. The SMILES string of the molecule is COc1cc(N)c(Cl)cc1C(=O)OCc1nc2ccccc2o1. The van der Waals surface area contributed by atoms with Crippen LogP contribution in [0.1, 0.15) is 16.2 Å². The van der Waals surface area contributed by atoms with Gasteiger partial charge in [0.05, 0.1) is 17.8 Å². The van der Waals surface area contributed by atoms with E-state index < -0.39 is 5.97 Å². The zero-order valence-corrected chi connectivity index (χ0v) is 13.0. The van der Waals surface area contributed by atoms with Gasteiger partial charge in [-0.15, -0.1) is 0 Å². The number of nitrogens with two attached hydrogens (primary N) is 1. The zero-order chi connectivity index (χ0) is 16.4. The minimum Gasteiger partial charge on any atom is -0.496 e. The standard InChI is InChI=1S/C16H13ClN2O4/c1-21-14-7-11(18)10(17)6-9(14)16(20)22-8-15-19-12-4-2-3-5-13(12)23-15/h2-7H,8,18H2,1H3. The molecule has 118 valence electrons. The van der Waals surface area contributed by atoms with Gasteiger partial charge in [-0.3, -0.25) is 0 Å². The van der Waals surface area contributed by atoms with Crippen molar-refractivity contribution in [2.75, 3.05) is 12.8 Å². The molecule has 23 heavy (non-hydrogen) atoms. The first-order valence-electron chi connectivity index (χ1n) is 6.73. The Morgan fingerprint density at radius 3 is 2.87 bits per heavy atom. The molecule has 0 bridgehead atoms. The molecule has 0 aliphatic rings. The molecular formula is C16H13ClN2O4. The summed E-state index contributed by atoms with van der Waals surface area (Å²) in [7, 11) is 1.43. The molecule has 3 aromatic rings. The third kappa shape index (κ3) is 3.07. The summed E-state index contributed by atoms with van der Waals surface area (Å²) in [6, 6.07) is 10.2. The van der Waals surface area contributed by atoms with Crippen molar-refractivity contribution in [1.29, 1.82) is 0 Å². The number of fused-ring (bicyclic) bond motifs is 1. The van der Waals surface area contributed by atoms with Gasteiger partial charge < -0.3 is 19.6 Å². The number of aromatic nitrogens is 1. The molecule has 0 radical (unpaired) electrons. The quantitative estimate of drug-likeness (QED) is 0.581. The van der Waals surface area contributed by atoms with Crippen molar-refractivity contribution in [2.45, 2.75) is 6.61 Å². The first-order valence-corrected chi connectivity index (χ1v) is 7.11. The van der Waals surface area contributed by atoms with Crippen molar-refractivity contribution in [2.24, 2.45) is 0 Å². The van der Waals surface area contributed by atoms with Crippen molar-refractivity contribution in [3.8, 4) is 5.75 Å². The maximum Gasteiger partial charge on any atom is 0.342 e. The van der Waals surface area contributed by atoms with Gasteiger partial charge in [0.25, 0.3) is 0 Å². The van der Waals surface area contributed by atoms with Crippen LogP contribution < -0.4 is 10.5 Å². The van der Waals surface area contributed by atoms with Gasteiger partial charge in [0, 0.05) is 6.07 Å². The van der Waals surface area contributed by atoms with Gasteiger partial charge in [0.1, 0.15) is 16.8 Å². The summed E-state index contributed by atoms with van der Waals surface area (Å²) in [4.78, 5) is 16.4. The van der Waals surface area contributed by atoms with Crippen LogP contribution in [0.5, 0.6) is 5.75 Å². The lowest BCUT2D eigenvalue weighted by Gasteiger charge is -2.09. The summed E-state index contributed by atoms with van der Waals surface area (Å²) >= 11 is 5.94. The van der Waals surface area contributed by atoms with E-state index in [0.717, 1.165) is 0 Å². The van der Waals surface area contributed by atoms with Crippen molar-refractivity contribution in [3.63, 3.8) is 0 Å². The van der Waals surface area contributed by atoms with Crippen LogP contribution in [-0.4, -0.2) is 18.1 Å². The average Bonchev–Trinajstić information content (AvgIpc) is 2.97. The molecule has 3 rings (SSSR count). The Bertz CT molecular complexity index is 843. The van der Waals surface area contributed by atoms with Crippen LogP contribution in [0.4, 0.5) is 5.69 Å². The van der Waals surface area contributed by atoms with Crippen LogP contribution in [0.3, 0.4) is 0 Å². The Morgan fingerprint density at radius 1 is 1.35 bits per heavy atom. The van der Waals surface area contributed by atoms with Crippen molar-refractivity contribution >= 4 is 34.4 Å². The Hall–Kier alpha value is -2.73. The fourth-order valence-corrected chi connectivity index (χ4v) is 2.25. The number of para-hydroxylation sites is 2. The molecular weight excluding hydrogens is 320 g/mol. The summed E-state index contributed by atoms with van der Waals surface area (Å²) in [5.74, 6) is -0.0134. The van der Waals surface area contributed by atoms with Gasteiger partial charge >= 0.3 is 5.97 Å². The number of halogens is 1. The third-order valence-corrected chi connectivity index (χ3v) is 3.53. The van der Waals surface area contributed by atoms with Crippen LogP contribution in [-0.2, 0) is 11.3 Å². The number of carbonyl (C=O) groups is 1. The first kappa shape index (κ1) is 15.2. The lowest BCUT2D eigenvalue weighted by molar-refractivity contribution is 0.0436. The van der Waals surface area contributed by atoms with E-state index in [1.54, 1.807) is 6.07 Å². The molecule has 0 spiro atoms. The summed E-state index contributed by atoms with van der Waals surface area (Å²) in [5, 5.41) is 0.250. The fourth-order valence-electron chi connectivity index (χ4n) is 2.08. The van der Waals surface area contributed by atoms with E-state index in [1.807, 2.05) is 18.2 Å². The first-order chi connectivity index (χ1) is 11.1.